The van der Waals surface area contributed by atoms with Crippen LogP contribution >= 0.6 is 27.3 Å². The van der Waals surface area contributed by atoms with Gasteiger partial charge >= 0.3 is 0 Å². The second-order valence-electron chi connectivity index (χ2n) is 5.45. The van der Waals surface area contributed by atoms with Gasteiger partial charge in [0.2, 0.25) is 0 Å². The third-order valence-electron chi connectivity index (χ3n) is 3.81. The molecule has 0 bridgehead atoms. The van der Waals surface area contributed by atoms with Crippen LogP contribution in [0.3, 0.4) is 0 Å². The molecule has 1 saturated carbocycles. The summed E-state index contributed by atoms with van der Waals surface area (Å²) in [5.74, 6) is 0. The number of alkyl halides is 1. The third kappa shape index (κ3) is 3.80. The average Bonchev–Trinajstić information content (AvgIpc) is 2.83. The molecule has 1 heterocycles. The highest BCUT2D eigenvalue weighted by atomic mass is 79.9. The molecule has 17 heavy (non-hydrogen) atoms. The summed E-state index contributed by atoms with van der Waals surface area (Å²) in [6, 6.07) is 4.39. The lowest BCUT2D eigenvalue weighted by Crippen LogP contribution is -2.38. The number of halogens is 1. The van der Waals surface area contributed by atoms with E-state index in [1.807, 2.05) is 11.3 Å². The fraction of sp³-hybridized carbons (Fsp3) is 0.714. The first-order valence-electron chi connectivity index (χ1n) is 6.51. The maximum Gasteiger partial charge on any atom is 0.0325 e. The Labute approximate surface area is 117 Å². The van der Waals surface area contributed by atoms with Crippen LogP contribution in [0.15, 0.2) is 17.5 Å². The summed E-state index contributed by atoms with van der Waals surface area (Å²) < 4.78 is 0. The number of thiophene rings is 1. The average molecular weight is 316 g/mol. The van der Waals surface area contributed by atoms with Crippen LogP contribution in [0.4, 0.5) is 0 Å². The fourth-order valence-corrected chi connectivity index (χ4v) is 4.45. The smallest absolute Gasteiger partial charge is 0.0325 e. The van der Waals surface area contributed by atoms with Gasteiger partial charge in [0.1, 0.15) is 0 Å². The Morgan fingerprint density at radius 2 is 2.12 bits per heavy atom. The van der Waals surface area contributed by atoms with Crippen LogP contribution in [-0.2, 0) is 6.54 Å². The Kier molecular flexibility index (Phi) is 5.07. The van der Waals surface area contributed by atoms with Crippen molar-refractivity contribution in [2.45, 2.75) is 38.6 Å². The number of hydrogen-bond donors (Lipinski definition) is 0. The molecule has 0 radical (unpaired) electrons. The van der Waals surface area contributed by atoms with E-state index in [-0.39, 0.29) is 0 Å². The summed E-state index contributed by atoms with van der Waals surface area (Å²) in [6.45, 7) is 2.34. The summed E-state index contributed by atoms with van der Waals surface area (Å²) >= 11 is 5.62. The van der Waals surface area contributed by atoms with Crippen molar-refractivity contribution in [3.05, 3.63) is 22.4 Å². The van der Waals surface area contributed by atoms with E-state index in [1.165, 1.54) is 43.5 Å². The maximum atomic E-state index is 3.75. The van der Waals surface area contributed by atoms with Crippen LogP contribution in [0, 0.1) is 5.41 Å². The minimum atomic E-state index is 0.532. The van der Waals surface area contributed by atoms with Crippen molar-refractivity contribution in [3.8, 4) is 0 Å². The quantitative estimate of drug-likeness (QED) is 0.722. The molecule has 0 aliphatic heterocycles. The van der Waals surface area contributed by atoms with Crippen molar-refractivity contribution < 1.29 is 0 Å². The molecule has 2 rings (SSSR count). The molecule has 1 aromatic heterocycles. The lowest BCUT2D eigenvalue weighted by atomic mass is 9.75. The zero-order valence-corrected chi connectivity index (χ0v) is 13.0. The van der Waals surface area contributed by atoms with E-state index in [9.17, 15) is 0 Å². The summed E-state index contributed by atoms with van der Waals surface area (Å²) in [4.78, 5) is 3.98. The first-order chi connectivity index (χ1) is 8.24. The van der Waals surface area contributed by atoms with E-state index in [4.69, 9.17) is 0 Å². The molecular weight excluding hydrogens is 294 g/mol. The van der Waals surface area contributed by atoms with Crippen LogP contribution in [0.5, 0.6) is 0 Å². The van der Waals surface area contributed by atoms with E-state index in [1.54, 1.807) is 0 Å². The standard InChI is InChI=1S/C14H22BrNS/c1-16(10-13-6-5-9-17-13)12-14(11-15)7-3-2-4-8-14/h5-6,9H,2-4,7-8,10-12H2,1H3. The molecule has 1 aliphatic carbocycles. The SMILES string of the molecule is CN(Cc1cccs1)CC1(CBr)CCCCC1. The van der Waals surface area contributed by atoms with Gasteiger partial charge in [-0.05, 0) is 36.8 Å². The van der Waals surface area contributed by atoms with Gasteiger partial charge in [-0.2, -0.15) is 0 Å². The molecule has 0 aromatic carbocycles. The topological polar surface area (TPSA) is 3.24 Å². The Hall–Kier alpha value is 0.140. The summed E-state index contributed by atoms with van der Waals surface area (Å²) in [5.41, 5.74) is 0.532. The van der Waals surface area contributed by atoms with Crippen LogP contribution in [0.1, 0.15) is 37.0 Å². The minimum Gasteiger partial charge on any atom is -0.301 e. The molecule has 0 atom stereocenters. The molecule has 0 saturated heterocycles. The van der Waals surface area contributed by atoms with Gasteiger partial charge in [0.15, 0.2) is 0 Å². The maximum absolute atomic E-state index is 3.75. The molecule has 0 unspecified atom stereocenters. The lowest BCUT2D eigenvalue weighted by Gasteiger charge is -2.38. The molecule has 0 spiro atoms. The molecule has 0 N–H and O–H groups in total. The second kappa shape index (κ2) is 6.35. The molecular formula is C14H22BrNS. The van der Waals surface area contributed by atoms with E-state index in [2.05, 4.69) is 45.4 Å². The molecule has 1 nitrogen and oxygen atoms in total. The van der Waals surface area contributed by atoms with E-state index in [0.717, 1.165) is 11.9 Å². The molecule has 3 heteroatoms. The molecule has 96 valence electrons. The Balaban J connectivity index is 1.89. The van der Waals surface area contributed by atoms with E-state index >= 15 is 0 Å². The van der Waals surface area contributed by atoms with Gasteiger partial charge in [-0.15, -0.1) is 11.3 Å². The van der Waals surface area contributed by atoms with Gasteiger partial charge in [-0.3, -0.25) is 0 Å². The van der Waals surface area contributed by atoms with Crippen molar-refractivity contribution in [1.29, 1.82) is 0 Å². The fourth-order valence-electron chi connectivity index (χ4n) is 2.93. The minimum absolute atomic E-state index is 0.532. The first kappa shape index (κ1) is 13.6. The second-order valence-corrected chi connectivity index (χ2v) is 7.04. The largest absolute Gasteiger partial charge is 0.301 e. The van der Waals surface area contributed by atoms with Crippen LogP contribution < -0.4 is 0 Å². The molecule has 1 fully saturated rings. The lowest BCUT2D eigenvalue weighted by molar-refractivity contribution is 0.142. The Morgan fingerprint density at radius 1 is 1.35 bits per heavy atom. The van der Waals surface area contributed by atoms with Crippen LogP contribution in [0.2, 0.25) is 0 Å². The summed E-state index contributed by atoms with van der Waals surface area (Å²) in [5, 5.41) is 3.33. The molecule has 1 aromatic rings. The normalized spacial score (nSPS) is 19.7. The third-order valence-corrected chi connectivity index (χ3v) is 5.86. The number of rotatable bonds is 5. The van der Waals surface area contributed by atoms with Crippen LogP contribution in [0.25, 0.3) is 0 Å². The van der Waals surface area contributed by atoms with Crippen molar-refractivity contribution in [3.63, 3.8) is 0 Å². The molecule has 0 amide bonds. The first-order valence-corrected chi connectivity index (χ1v) is 8.51. The monoisotopic (exact) mass is 315 g/mol. The van der Waals surface area contributed by atoms with Gasteiger partial charge in [0.05, 0.1) is 0 Å². The van der Waals surface area contributed by atoms with Crippen molar-refractivity contribution >= 4 is 27.3 Å². The van der Waals surface area contributed by atoms with Crippen LogP contribution in [-0.4, -0.2) is 23.8 Å². The van der Waals surface area contributed by atoms with Crippen molar-refractivity contribution in [1.82, 2.24) is 4.90 Å². The highest BCUT2D eigenvalue weighted by Gasteiger charge is 2.31. The zero-order valence-electron chi connectivity index (χ0n) is 10.6. The summed E-state index contributed by atoms with van der Waals surface area (Å²) in [7, 11) is 2.26. The zero-order chi connectivity index (χ0) is 12.1. The van der Waals surface area contributed by atoms with E-state index < -0.39 is 0 Å². The van der Waals surface area contributed by atoms with Gasteiger partial charge in [-0.1, -0.05) is 41.3 Å². The Bertz CT molecular complexity index is 317. The predicted molar refractivity (Wildman–Crippen MR) is 80.0 cm³/mol. The highest BCUT2D eigenvalue weighted by Crippen LogP contribution is 2.38. The van der Waals surface area contributed by atoms with Gasteiger partial charge < -0.3 is 4.90 Å². The van der Waals surface area contributed by atoms with Crippen molar-refractivity contribution in [2.24, 2.45) is 5.41 Å². The van der Waals surface area contributed by atoms with Gasteiger partial charge in [0.25, 0.3) is 0 Å². The van der Waals surface area contributed by atoms with Gasteiger partial charge in [-0.25, -0.2) is 0 Å². The van der Waals surface area contributed by atoms with Gasteiger partial charge in [0, 0.05) is 23.3 Å². The molecule has 1 aliphatic rings. The number of hydrogen-bond acceptors (Lipinski definition) is 2. The Morgan fingerprint density at radius 3 is 2.71 bits per heavy atom. The van der Waals surface area contributed by atoms with Crippen molar-refractivity contribution in [2.75, 3.05) is 18.9 Å². The summed E-state index contributed by atoms with van der Waals surface area (Å²) in [6.07, 6.45) is 7.06. The number of nitrogens with zero attached hydrogens (tertiary/aromatic N) is 1. The van der Waals surface area contributed by atoms with E-state index in [0.29, 0.717) is 5.41 Å². The predicted octanol–water partition coefficient (Wildman–Crippen LogP) is 4.53. The highest BCUT2D eigenvalue weighted by molar-refractivity contribution is 9.09.